The molecule has 0 aliphatic carbocycles. The van der Waals surface area contributed by atoms with E-state index in [-0.39, 0.29) is 6.42 Å². The molecule has 2 rings (SSSR count). The minimum atomic E-state index is -1.31. The van der Waals surface area contributed by atoms with Crippen molar-refractivity contribution < 1.29 is 29.2 Å². The summed E-state index contributed by atoms with van der Waals surface area (Å²) in [5.41, 5.74) is 0.614. The van der Waals surface area contributed by atoms with Crippen LogP contribution in [0.25, 0.3) is 0 Å². The quantitative estimate of drug-likeness (QED) is 0.787. The van der Waals surface area contributed by atoms with Crippen molar-refractivity contribution in [3.05, 3.63) is 35.9 Å². The van der Waals surface area contributed by atoms with E-state index in [1.54, 1.807) is 24.3 Å². The Labute approximate surface area is 123 Å². The molecule has 0 spiro atoms. The predicted octanol–water partition coefficient (Wildman–Crippen LogP) is 0.426. The van der Waals surface area contributed by atoms with Crippen LogP contribution in [0.15, 0.2) is 30.3 Å². The normalized spacial score (nSPS) is 33.9. The lowest BCUT2D eigenvalue weighted by atomic mass is 9.92. The molecule has 1 aromatic rings. The van der Waals surface area contributed by atoms with Gasteiger partial charge in [0.25, 0.3) is 0 Å². The van der Waals surface area contributed by atoms with Gasteiger partial charge in [-0.2, -0.15) is 0 Å². The van der Waals surface area contributed by atoms with Crippen molar-refractivity contribution in [1.82, 2.24) is 0 Å². The first-order valence-electron chi connectivity index (χ1n) is 6.74. The van der Waals surface area contributed by atoms with Crippen LogP contribution in [0.2, 0.25) is 0 Å². The van der Waals surface area contributed by atoms with Gasteiger partial charge in [-0.3, -0.25) is 4.79 Å². The summed E-state index contributed by atoms with van der Waals surface area (Å²) in [5, 5.41) is 20.7. The number of carbonyl (C=O) groups excluding carboxylic acids is 1. The maximum atomic E-state index is 12.0. The zero-order valence-electron chi connectivity index (χ0n) is 12.0. The molecular weight excluding hydrogens is 276 g/mol. The summed E-state index contributed by atoms with van der Waals surface area (Å²) in [5.74, 6) is -0.510. The SMILES string of the molecule is CO[C@H]1[C@@H](O)[C@H](O)[C@@H](c2ccccc2)OC(=O)C[C@H]1OC. The molecule has 1 fully saturated rings. The van der Waals surface area contributed by atoms with Gasteiger partial charge in [-0.15, -0.1) is 0 Å². The van der Waals surface area contributed by atoms with E-state index in [0.29, 0.717) is 5.56 Å². The van der Waals surface area contributed by atoms with E-state index in [1.807, 2.05) is 6.07 Å². The molecular formula is C15H20O6. The van der Waals surface area contributed by atoms with Crippen LogP contribution in [0.4, 0.5) is 0 Å². The number of benzene rings is 1. The molecule has 1 aliphatic rings. The average Bonchev–Trinajstić information content (AvgIpc) is 2.51. The average molecular weight is 296 g/mol. The van der Waals surface area contributed by atoms with Crippen molar-refractivity contribution >= 4 is 5.97 Å². The van der Waals surface area contributed by atoms with Crippen LogP contribution < -0.4 is 0 Å². The Hall–Kier alpha value is -1.47. The van der Waals surface area contributed by atoms with Crippen LogP contribution in [0, 0.1) is 0 Å². The fraction of sp³-hybridized carbons (Fsp3) is 0.533. The topological polar surface area (TPSA) is 85.2 Å². The van der Waals surface area contributed by atoms with Gasteiger partial charge in [0.2, 0.25) is 0 Å². The van der Waals surface area contributed by atoms with Gasteiger partial charge in [0.15, 0.2) is 6.10 Å². The number of cyclic esters (lactones) is 1. The van der Waals surface area contributed by atoms with Gasteiger partial charge in [0.05, 0.1) is 12.5 Å². The lowest BCUT2D eigenvalue weighted by Gasteiger charge is -2.36. The van der Waals surface area contributed by atoms with E-state index in [0.717, 1.165) is 0 Å². The molecule has 0 amide bonds. The Kier molecular flexibility index (Phi) is 5.30. The second-order valence-corrected chi connectivity index (χ2v) is 4.98. The molecule has 0 unspecified atom stereocenters. The molecule has 6 heteroatoms. The first-order valence-corrected chi connectivity index (χ1v) is 6.74. The van der Waals surface area contributed by atoms with E-state index in [1.165, 1.54) is 14.2 Å². The van der Waals surface area contributed by atoms with E-state index >= 15 is 0 Å². The van der Waals surface area contributed by atoms with E-state index < -0.39 is 36.5 Å². The van der Waals surface area contributed by atoms with Crippen molar-refractivity contribution in [3.8, 4) is 0 Å². The molecule has 2 N–H and O–H groups in total. The molecule has 6 nitrogen and oxygen atoms in total. The number of hydrogen-bond acceptors (Lipinski definition) is 6. The summed E-state index contributed by atoms with van der Waals surface area (Å²) in [7, 11) is 2.82. The molecule has 0 bridgehead atoms. The Morgan fingerprint density at radius 1 is 1.10 bits per heavy atom. The van der Waals surface area contributed by atoms with E-state index in [4.69, 9.17) is 14.2 Å². The molecule has 1 aliphatic heterocycles. The van der Waals surface area contributed by atoms with Crippen molar-refractivity contribution in [2.24, 2.45) is 0 Å². The molecule has 1 saturated heterocycles. The van der Waals surface area contributed by atoms with Gasteiger partial charge in [-0.05, 0) is 5.56 Å². The number of aliphatic hydroxyl groups is 2. The summed E-state index contributed by atoms with van der Waals surface area (Å²) in [6, 6.07) is 8.81. The maximum absolute atomic E-state index is 12.0. The van der Waals surface area contributed by atoms with E-state index in [2.05, 4.69) is 0 Å². The van der Waals surface area contributed by atoms with Gasteiger partial charge in [-0.25, -0.2) is 0 Å². The zero-order valence-corrected chi connectivity index (χ0v) is 12.0. The minimum absolute atomic E-state index is 0.0535. The lowest BCUT2D eigenvalue weighted by molar-refractivity contribution is -0.194. The first-order chi connectivity index (χ1) is 10.1. The summed E-state index contributed by atoms with van der Waals surface area (Å²) in [6.45, 7) is 0. The van der Waals surface area contributed by atoms with Crippen molar-refractivity contribution in [1.29, 1.82) is 0 Å². The standard InChI is InChI=1S/C15H20O6/c1-19-10-8-11(16)21-14(9-6-4-3-5-7-9)12(17)13(18)15(10)20-2/h3-7,10,12-15,17-18H,8H2,1-2H3/t10-,12+,13+,14-,15-/m1/s1. The third kappa shape index (κ3) is 3.41. The number of esters is 1. The third-order valence-corrected chi connectivity index (χ3v) is 3.69. The van der Waals surface area contributed by atoms with E-state index in [9.17, 15) is 15.0 Å². The van der Waals surface area contributed by atoms with Crippen LogP contribution in [0.5, 0.6) is 0 Å². The highest BCUT2D eigenvalue weighted by atomic mass is 16.6. The number of hydrogen-bond donors (Lipinski definition) is 2. The minimum Gasteiger partial charge on any atom is -0.455 e. The van der Waals surface area contributed by atoms with Crippen LogP contribution in [0.1, 0.15) is 18.1 Å². The largest absolute Gasteiger partial charge is 0.455 e. The number of aliphatic hydroxyl groups excluding tert-OH is 2. The smallest absolute Gasteiger partial charge is 0.309 e. The zero-order chi connectivity index (χ0) is 15.4. The summed E-state index contributed by atoms with van der Waals surface area (Å²) in [4.78, 5) is 12.0. The van der Waals surface area contributed by atoms with Gasteiger partial charge in [-0.1, -0.05) is 30.3 Å². The Morgan fingerprint density at radius 2 is 1.76 bits per heavy atom. The molecule has 1 aromatic carbocycles. The predicted molar refractivity (Wildman–Crippen MR) is 73.5 cm³/mol. The number of methoxy groups -OCH3 is 2. The second kappa shape index (κ2) is 7.00. The molecule has 0 aromatic heterocycles. The molecule has 116 valence electrons. The molecule has 0 saturated carbocycles. The summed E-state index contributed by atoms with van der Waals surface area (Å²) >= 11 is 0. The van der Waals surface area contributed by atoms with Crippen molar-refractivity contribution in [2.75, 3.05) is 14.2 Å². The highest BCUT2D eigenvalue weighted by Gasteiger charge is 2.42. The number of carbonyl (C=O) groups is 1. The van der Waals surface area contributed by atoms with Gasteiger partial charge < -0.3 is 24.4 Å². The highest BCUT2D eigenvalue weighted by Crippen LogP contribution is 2.30. The highest BCUT2D eigenvalue weighted by molar-refractivity contribution is 5.70. The molecule has 5 atom stereocenters. The van der Waals surface area contributed by atoms with Crippen LogP contribution in [-0.2, 0) is 19.0 Å². The fourth-order valence-corrected chi connectivity index (χ4v) is 2.55. The third-order valence-electron chi connectivity index (χ3n) is 3.69. The van der Waals surface area contributed by atoms with Crippen LogP contribution >= 0.6 is 0 Å². The number of rotatable bonds is 3. The van der Waals surface area contributed by atoms with Gasteiger partial charge in [0.1, 0.15) is 18.3 Å². The molecule has 1 heterocycles. The Bertz CT molecular complexity index is 462. The first kappa shape index (κ1) is 15.9. The van der Waals surface area contributed by atoms with Crippen LogP contribution in [-0.4, -0.2) is 54.8 Å². The second-order valence-electron chi connectivity index (χ2n) is 4.98. The maximum Gasteiger partial charge on any atom is 0.309 e. The van der Waals surface area contributed by atoms with Crippen LogP contribution in [0.3, 0.4) is 0 Å². The Balaban J connectivity index is 2.31. The van der Waals surface area contributed by atoms with Crippen molar-refractivity contribution in [2.45, 2.75) is 36.9 Å². The Morgan fingerprint density at radius 3 is 2.33 bits per heavy atom. The van der Waals surface area contributed by atoms with Crippen molar-refractivity contribution in [3.63, 3.8) is 0 Å². The van der Waals surface area contributed by atoms with Gasteiger partial charge in [0, 0.05) is 14.2 Å². The summed E-state index contributed by atoms with van der Waals surface area (Å²) < 4.78 is 15.7. The number of ether oxygens (including phenoxy) is 3. The molecule has 0 radical (unpaired) electrons. The molecule has 21 heavy (non-hydrogen) atoms. The fourth-order valence-electron chi connectivity index (χ4n) is 2.55. The van der Waals surface area contributed by atoms with Gasteiger partial charge >= 0.3 is 5.97 Å². The summed E-state index contributed by atoms with van der Waals surface area (Å²) in [6.07, 6.45) is -5.03. The lowest BCUT2D eigenvalue weighted by Crippen LogP contribution is -2.51. The monoisotopic (exact) mass is 296 g/mol.